The van der Waals surface area contributed by atoms with Crippen molar-refractivity contribution in [3.63, 3.8) is 0 Å². The molecule has 1 aromatic rings. The Balaban J connectivity index is 2.59. The molecule has 1 aromatic carbocycles. The number of sulfonamides is 1. The Morgan fingerprint density at radius 2 is 2.05 bits per heavy atom. The van der Waals surface area contributed by atoms with Gasteiger partial charge in [-0.1, -0.05) is 23.2 Å². The maximum absolute atomic E-state index is 12.6. The Hall–Kier alpha value is -0.980. The summed E-state index contributed by atoms with van der Waals surface area (Å²) in [4.78, 5) is 4.06. The molecule has 0 radical (unpaired) electrons. The van der Waals surface area contributed by atoms with Crippen LogP contribution in [-0.4, -0.2) is 38.8 Å². The lowest BCUT2D eigenvalue weighted by molar-refractivity contribution is 0.401. The standard InChI is InChI=1S/C11H12Cl2N2O3S/c1-7-14-5-6-15(7)19(16,17)9-4-3-8(12)10(13)11(9)18-2/h3-4H,5-6H2,1-2H3. The summed E-state index contributed by atoms with van der Waals surface area (Å²) < 4.78 is 31.4. The smallest absolute Gasteiger partial charge is 0.269 e. The number of amidine groups is 1. The SMILES string of the molecule is COc1c(S(=O)(=O)N2CCN=C2C)ccc(Cl)c1Cl. The average molecular weight is 323 g/mol. The molecule has 0 aliphatic carbocycles. The molecule has 5 nitrogen and oxygen atoms in total. The Bertz CT molecular complexity index is 644. The van der Waals surface area contributed by atoms with Gasteiger partial charge in [-0.15, -0.1) is 0 Å². The van der Waals surface area contributed by atoms with E-state index in [0.717, 1.165) is 0 Å². The number of benzene rings is 1. The van der Waals surface area contributed by atoms with Crippen LogP contribution in [0.5, 0.6) is 5.75 Å². The minimum atomic E-state index is -3.74. The van der Waals surface area contributed by atoms with Gasteiger partial charge in [0.1, 0.15) is 15.8 Å². The fourth-order valence-corrected chi connectivity index (χ4v) is 3.94. The molecule has 0 fully saturated rings. The van der Waals surface area contributed by atoms with Crippen molar-refractivity contribution in [1.82, 2.24) is 4.31 Å². The molecule has 8 heteroatoms. The molecule has 0 saturated carbocycles. The van der Waals surface area contributed by atoms with Crippen molar-refractivity contribution >= 4 is 39.1 Å². The molecule has 1 heterocycles. The van der Waals surface area contributed by atoms with Crippen LogP contribution >= 0.6 is 23.2 Å². The van der Waals surface area contributed by atoms with Crippen LogP contribution in [0.2, 0.25) is 10.0 Å². The Kier molecular flexibility index (Phi) is 3.94. The van der Waals surface area contributed by atoms with Crippen LogP contribution in [0, 0.1) is 0 Å². The Labute approximate surface area is 121 Å². The molecule has 0 spiro atoms. The minimum Gasteiger partial charge on any atom is -0.494 e. The lowest BCUT2D eigenvalue weighted by Crippen LogP contribution is -2.33. The predicted octanol–water partition coefficient (Wildman–Crippen LogP) is 2.42. The van der Waals surface area contributed by atoms with Gasteiger partial charge < -0.3 is 4.74 Å². The summed E-state index contributed by atoms with van der Waals surface area (Å²) in [6.07, 6.45) is 0. The zero-order valence-electron chi connectivity index (χ0n) is 10.4. The second-order valence-electron chi connectivity index (χ2n) is 3.90. The van der Waals surface area contributed by atoms with E-state index in [1.54, 1.807) is 6.92 Å². The summed E-state index contributed by atoms with van der Waals surface area (Å²) in [7, 11) is -2.39. The van der Waals surface area contributed by atoms with E-state index in [2.05, 4.69) is 4.99 Å². The molecule has 0 aromatic heterocycles. The summed E-state index contributed by atoms with van der Waals surface area (Å²) in [5, 5.41) is 0.323. The van der Waals surface area contributed by atoms with Crippen molar-refractivity contribution in [3.05, 3.63) is 22.2 Å². The van der Waals surface area contributed by atoms with Gasteiger partial charge in [0, 0.05) is 0 Å². The van der Waals surface area contributed by atoms with E-state index in [9.17, 15) is 8.42 Å². The average Bonchev–Trinajstić information content (AvgIpc) is 2.79. The van der Waals surface area contributed by atoms with Crippen LogP contribution < -0.4 is 4.74 Å². The molecule has 0 unspecified atom stereocenters. The quantitative estimate of drug-likeness (QED) is 0.858. The number of nitrogens with zero attached hydrogens (tertiary/aromatic N) is 2. The third-order valence-electron chi connectivity index (χ3n) is 2.79. The number of hydrogen-bond donors (Lipinski definition) is 0. The molecule has 1 aliphatic heterocycles. The first kappa shape index (κ1) is 14.4. The van der Waals surface area contributed by atoms with E-state index in [-0.39, 0.29) is 20.7 Å². The van der Waals surface area contributed by atoms with E-state index in [0.29, 0.717) is 18.9 Å². The zero-order valence-corrected chi connectivity index (χ0v) is 12.7. The maximum Gasteiger partial charge on any atom is 0.269 e. The number of ether oxygens (including phenoxy) is 1. The summed E-state index contributed by atoms with van der Waals surface area (Å²) in [5.41, 5.74) is 0. The number of aliphatic imine (C=N–C) groups is 1. The van der Waals surface area contributed by atoms with Crippen LogP contribution in [0.15, 0.2) is 22.0 Å². The van der Waals surface area contributed by atoms with E-state index in [4.69, 9.17) is 27.9 Å². The fraction of sp³-hybridized carbons (Fsp3) is 0.364. The van der Waals surface area contributed by atoms with Gasteiger partial charge in [-0.25, -0.2) is 8.42 Å². The summed E-state index contributed by atoms with van der Waals surface area (Å²) in [6, 6.07) is 2.82. The summed E-state index contributed by atoms with van der Waals surface area (Å²) >= 11 is 11.8. The highest BCUT2D eigenvalue weighted by molar-refractivity contribution is 7.89. The first-order chi connectivity index (χ1) is 8.89. The first-order valence-electron chi connectivity index (χ1n) is 5.45. The Morgan fingerprint density at radius 3 is 2.58 bits per heavy atom. The van der Waals surface area contributed by atoms with Gasteiger partial charge in [0.15, 0.2) is 5.75 Å². The monoisotopic (exact) mass is 322 g/mol. The molecule has 0 atom stereocenters. The van der Waals surface area contributed by atoms with Crippen molar-refractivity contribution in [2.24, 2.45) is 4.99 Å². The fourth-order valence-electron chi connectivity index (χ4n) is 1.86. The van der Waals surface area contributed by atoms with Crippen LogP contribution in [0.25, 0.3) is 0 Å². The molecule has 0 saturated heterocycles. The number of hydrogen-bond acceptors (Lipinski definition) is 4. The van der Waals surface area contributed by atoms with Gasteiger partial charge in [-0.2, -0.15) is 0 Å². The largest absolute Gasteiger partial charge is 0.494 e. The summed E-state index contributed by atoms with van der Waals surface area (Å²) in [5.74, 6) is 0.502. The normalized spacial score (nSPS) is 15.6. The first-order valence-corrected chi connectivity index (χ1v) is 7.65. The maximum atomic E-state index is 12.6. The number of halogens is 2. The van der Waals surface area contributed by atoms with Gasteiger partial charge in [0.25, 0.3) is 10.0 Å². The molecule has 1 aliphatic rings. The molecular formula is C11H12Cl2N2O3S. The lowest BCUT2D eigenvalue weighted by Gasteiger charge is -2.20. The second kappa shape index (κ2) is 5.19. The second-order valence-corrected chi connectivity index (χ2v) is 6.51. The van der Waals surface area contributed by atoms with Crippen LogP contribution in [0.3, 0.4) is 0 Å². The molecule has 19 heavy (non-hydrogen) atoms. The van der Waals surface area contributed by atoms with E-state index in [1.165, 1.54) is 23.5 Å². The zero-order chi connectivity index (χ0) is 14.2. The van der Waals surface area contributed by atoms with Crippen molar-refractivity contribution in [2.45, 2.75) is 11.8 Å². The van der Waals surface area contributed by atoms with E-state index < -0.39 is 10.0 Å². The molecule has 0 amide bonds. The molecule has 2 rings (SSSR count). The number of rotatable bonds is 3. The highest BCUT2D eigenvalue weighted by atomic mass is 35.5. The molecule has 0 bridgehead atoms. The topological polar surface area (TPSA) is 59.0 Å². The van der Waals surface area contributed by atoms with Crippen molar-refractivity contribution in [2.75, 3.05) is 20.2 Å². The molecule has 0 N–H and O–H groups in total. The number of methoxy groups -OCH3 is 1. The van der Waals surface area contributed by atoms with Gasteiger partial charge in [-0.05, 0) is 19.1 Å². The molecular weight excluding hydrogens is 311 g/mol. The highest BCUT2D eigenvalue weighted by Gasteiger charge is 2.32. The summed E-state index contributed by atoms with van der Waals surface area (Å²) in [6.45, 7) is 2.42. The van der Waals surface area contributed by atoms with Crippen molar-refractivity contribution in [1.29, 1.82) is 0 Å². The lowest BCUT2D eigenvalue weighted by atomic mass is 10.3. The van der Waals surface area contributed by atoms with E-state index in [1.807, 2.05) is 0 Å². The van der Waals surface area contributed by atoms with Crippen LogP contribution in [-0.2, 0) is 10.0 Å². The third-order valence-corrected chi connectivity index (χ3v) is 5.48. The van der Waals surface area contributed by atoms with Gasteiger partial charge >= 0.3 is 0 Å². The van der Waals surface area contributed by atoms with Crippen LogP contribution in [0.1, 0.15) is 6.92 Å². The molecule has 104 valence electrons. The minimum absolute atomic E-state index is 0.0131. The Morgan fingerprint density at radius 1 is 1.37 bits per heavy atom. The third kappa shape index (κ3) is 2.40. The van der Waals surface area contributed by atoms with E-state index >= 15 is 0 Å². The van der Waals surface area contributed by atoms with Gasteiger partial charge in [-0.3, -0.25) is 9.30 Å². The van der Waals surface area contributed by atoms with Crippen LogP contribution in [0.4, 0.5) is 0 Å². The van der Waals surface area contributed by atoms with Gasteiger partial charge in [0.2, 0.25) is 0 Å². The van der Waals surface area contributed by atoms with Crippen molar-refractivity contribution in [3.8, 4) is 5.75 Å². The predicted molar refractivity (Wildman–Crippen MR) is 74.9 cm³/mol. The highest BCUT2D eigenvalue weighted by Crippen LogP contribution is 2.38. The van der Waals surface area contributed by atoms with Gasteiger partial charge in [0.05, 0.1) is 25.2 Å². The van der Waals surface area contributed by atoms with Crippen molar-refractivity contribution < 1.29 is 13.2 Å².